The number of rotatable bonds is 7. The summed E-state index contributed by atoms with van der Waals surface area (Å²) < 4.78 is 0. The summed E-state index contributed by atoms with van der Waals surface area (Å²) in [5, 5.41) is 23.3. The van der Waals surface area contributed by atoms with E-state index in [1.807, 2.05) is 55.3 Å². The number of aromatic hydroxyl groups is 1. The van der Waals surface area contributed by atoms with Crippen LogP contribution in [0.5, 0.6) is 5.75 Å². The molecule has 1 aromatic carbocycles. The van der Waals surface area contributed by atoms with E-state index in [1.54, 1.807) is 13.2 Å². The van der Waals surface area contributed by atoms with Gasteiger partial charge < -0.3 is 15.3 Å². The van der Waals surface area contributed by atoms with E-state index in [9.17, 15) is 5.11 Å². The molecule has 2 N–H and O–H groups in total. The van der Waals surface area contributed by atoms with Gasteiger partial charge in [0.2, 0.25) is 0 Å². The Morgan fingerprint density at radius 2 is 1.82 bits per heavy atom. The first kappa shape index (κ1) is 31.6. The first-order chi connectivity index (χ1) is 18.4. The van der Waals surface area contributed by atoms with Gasteiger partial charge in [0.1, 0.15) is 5.75 Å². The molecule has 0 amide bonds. The van der Waals surface area contributed by atoms with Gasteiger partial charge in [-0.3, -0.25) is 0 Å². The van der Waals surface area contributed by atoms with Crippen LogP contribution in [0.1, 0.15) is 78.9 Å². The van der Waals surface area contributed by atoms with Crippen LogP contribution in [0.15, 0.2) is 88.7 Å². The third-order valence-corrected chi connectivity index (χ3v) is 7.13. The van der Waals surface area contributed by atoms with E-state index in [0.29, 0.717) is 5.92 Å². The third-order valence-electron chi connectivity index (χ3n) is 7.13. The number of hydrogen-bond donors (Lipinski definition) is 2. The molecule has 0 spiro atoms. The number of phenols is 1. The number of allylic oxidation sites excluding steroid dienone is 7. The van der Waals surface area contributed by atoms with E-state index in [-0.39, 0.29) is 16.8 Å². The van der Waals surface area contributed by atoms with Crippen LogP contribution in [-0.4, -0.2) is 28.1 Å². The van der Waals surface area contributed by atoms with Crippen LogP contribution in [-0.2, 0) is 0 Å². The molecule has 2 aliphatic heterocycles. The predicted octanol–water partition coefficient (Wildman–Crippen LogP) is 8.61. The Morgan fingerprint density at radius 1 is 1.18 bits per heavy atom. The van der Waals surface area contributed by atoms with E-state index >= 15 is 0 Å². The molecule has 0 unspecified atom stereocenters. The molecule has 1 aromatic rings. The molecule has 39 heavy (non-hydrogen) atoms. The molecule has 2 heterocycles. The van der Waals surface area contributed by atoms with Crippen molar-refractivity contribution in [1.82, 2.24) is 10.2 Å². The standard InChI is InChI=1S/C32H44N4O.C2H2/c1-10-27-18-26(14-15-36(27)11-2)25-12-13-28(30(37)19-25)22(3)17-29(34-33-9)23(4)16-24-20-31(5,6)35-32(7,8)21-24;1-2/h10-15,17-19,24,35,37H,2,16,20-21H2,1,3-9H3;1-2H/b22-17+,27-10-,29-23-,34-33?;. The molecule has 5 heteroatoms. The molecule has 2 aliphatic rings. The highest BCUT2D eigenvalue weighted by Crippen LogP contribution is 2.37. The number of hydrogen-bond acceptors (Lipinski definition) is 5. The predicted molar refractivity (Wildman–Crippen MR) is 167 cm³/mol. The van der Waals surface area contributed by atoms with Crippen molar-refractivity contribution in [2.45, 2.75) is 78.8 Å². The van der Waals surface area contributed by atoms with Crippen LogP contribution >= 0.6 is 0 Å². The fourth-order valence-electron chi connectivity index (χ4n) is 6.00. The van der Waals surface area contributed by atoms with E-state index in [2.05, 4.69) is 81.7 Å². The van der Waals surface area contributed by atoms with Crippen molar-refractivity contribution in [2.75, 3.05) is 7.05 Å². The summed E-state index contributed by atoms with van der Waals surface area (Å²) in [6, 6.07) is 5.86. The summed E-state index contributed by atoms with van der Waals surface area (Å²) in [5.41, 5.74) is 7.12. The Kier molecular flexibility index (Phi) is 10.9. The number of azo groups is 1. The molecule has 3 rings (SSSR count). The highest BCUT2D eigenvalue weighted by molar-refractivity contribution is 5.80. The lowest BCUT2D eigenvalue weighted by molar-refractivity contribution is 0.128. The Morgan fingerprint density at radius 3 is 2.36 bits per heavy atom. The summed E-state index contributed by atoms with van der Waals surface area (Å²) in [7, 11) is 1.71. The Balaban J connectivity index is 0.00000260. The van der Waals surface area contributed by atoms with Crippen LogP contribution in [0.25, 0.3) is 11.1 Å². The van der Waals surface area contributed by atoms with Crippen LogP contribution in [0, 0.1) is 18.8 Å². The number of nitrogens with one attached hydrogen (secondary N) is 1. The second-order valence-electron chi connectivity index (χ2n) is 11.6. The normalized spacial score (nSPS) is 20.8. The Hall–Kier alpha value is -3.62. The van der Waals surface area contributed by atoms with E-state index in [0.717, 1.165) is 52.9 Å². The highest BCUT2D eigenvalue weighted by atomic mass is 16.3. The second-order valence-corrected chi connectivity index (χ2v) is 11.6. The molecule has 0 radical (unpaired) electrons. The smallest absolute Gasteiger partial charge is 0.123 e. The van der Waals surface area contributed by atoms with Gasteiger partial charge in [0, 0.05) is 41.8 Å². The molecular weight excluding hydrogens is 480 g/mol. The number of terminal acetylenes is 1. The maximum Gasteiger partial charge on any atom is 0.123 e. The summed E-state index contributed by atoms with van der Waals surface area (Å²) in [6.07, 6.45) is 23.2. The quantitative estimate of drug-likeness (QED) is 0.212. The van der Waals surface area contributed by atoms with E-state index < -0.39 is 0 Å². The van der Waals surface area contributed by atoms with Gasteiger partial charge in [-0.2, -0.15) is 10.2 Å². The van der Waals surface area contributed by atoms with Crippen molar-refractivity contribution in [3.05, 3.63) is 89.6 Å². The van der Waals surface area contributed by atoms with Gasteiger partial charge in [-0.15, -0.1) is 12.8 Å². The molecule has 5 nitrogen and oxygen atoms in total. The molecule has 0 aliphatic carbocycles. The highest BCUT2D eigenvalue weighted by Gasteiger charge is 2.37. The van der Waals surface area contributed by atoms with Gasteiger partial charge in [0.05, 0.1) is 5.70 Å². The van der Waals surface area contributed by atoms with Gasteiger partial charge in [0.15, 0.2) is 0 Å². The van der Waals surface area contributed by atoms with E-state index in [4.69, 9.17) is 0 Å². The summed E-state index contributed by atoms with van der Waals surface area (Å²) in [4.78, 5) is 1.97. The second kappa shape index (κ2) is 13.4. The SMILES string of the molecule is C#C.C=CN1C=CC(c2ccc(/C(C)=C/C(N=NC)=C(\C)CC3CC(C)(C)NC(C)(C)C3)c(O)c2)=C/C1=C/C. The van der Waals surface area contributed by atoms with Crippen LogP contribution in [0.2, 0.25) is 0 Å². The lowest BCUT2D eigenvalue weighted by Gasteiger charge is -2.46. The minimum atomic E-state index is 0.110. The molecule has 0 bridgehead atoms. The van der Waals surface area contributed by atoms with Gasteiger partial charge in [-0.25, -0.2) is 0 Å². The third kappa shape index (κ3) is 8.43. The molecule has 0 atom stereocenters. The molecular formula is C34H46N4O. The zero-order valence-electron chi connectivity index (χ0n) is 25.0. The summed E-state index contributed by atoms with van der Waals surface area (Å²) in [6.45, 7) is 19.2. The molecule has 208 valence electrons. The van der Waals surface area contributed by atoms with Gasteiger partial charge in [0.25, 0.3) is 0 Å². The first-order valence-electron chi connectivity index (χ1n) is 13.5. The number of nitrogens with zero attached hydrogens (tertiary/aromatic N) is 3. The van der Waals surface area contributed by atoms with Crippen molar-refractivity contribution in [3.63, 3.8) is 0 Å². The Bertz CT molecular complexity index is 1230. The largest absolute Gasteiger partial charge is 0.507 e. The zero-order chi connectivity index (χ0) is 29.4. The molecule has 0 saturated carbocycles. The van der Waals surface area contributed by atoms with Crippen LogP contribution in [0.3, 0.4) is 0 Å². The average molecular weight is 527 g/mol. The summed E-state index contributed by atoms with van der Waals surface area (Å²) in [5.74, 6) is 0.826. The van der Waals surface area contributed by atoms with Crippen molar-refractivity contribution < 1.29 is 5.11 Å². The summed E-state index contributed by atoms with van der Waals surface area (Å²) >= 11 is 0. The van der Waals surface area contributed by atoms with E-state index in [1.165, 1.54) is 5.57 Å². The first-order valence-corrected chi connectivity index (χ1v) is 13.5. The number of benzene rings is 1. The maximum absolute atomic E-state index is 11.0. The lowest BCUT2D eigenvalue weighted by atomic mass is 9.73. The fourth-order valence-corrected chi connectivity index (χ4v) is 6.00. The van der Waals surface area contributed by atoms with Gasteiger partial charge in [-0.1, -0.05) is 24.8 Å². The monoisotopic (exact) mass is 526 g/mol. The van der Waals surface area contributed by atoms with Crippen molar-refractivity contribution in [3.8, 4) is 18.6 Å². The van der Waals surface area contributed by atoms with Crippen LogP contribution in [0.4, 0.5) is 0 Å². The van der Waals surface area contributed by atoms with Crippen molar-refractivity contribution in [1.29, 1.82) is 0 Å². The molecule has 1 saturated heterocycles. The molecule has 0 aromatic heterocycles. The minimum absolute atomic E-state index is 0.110. The van der Waals surface area contributed by atoms with Crippen molar-refractivity contribution in [2.24, 2.45) is 16.1 Å². The zero-order valence-corrected chi connectivity index (χ0v) is 25.0. The van der Waals surface area contributed by atoms with Crippen LogP contribution < -0.4 is 5.32 Å². The molecule has 1 fully saturated rings. The number of phenolic OH excluding ortho intramolecular Hbond substituents is 1. The number of piperidine rings is 1. The Labute approximate surface area is 236 Å². The van der Waals surface area contributed by atoms with Crippen molar-refractivity contribution >= 4 is 11.1 Å². The van der Waals surface area contributed by atoms with Gasteiger partial charge in [-0.05, 0) is 120 Å². The van der Waals surface area contributed by atoms with Gasteiger partial charge >= 0.3 is 0 Å². The fraction of sp³-hybridized carbons (Fsp3) is 0.412. The lowest BCUT2D eigenvalue weighted by Crippen LogP contribution is -2.57. The topological polar surface area (TPSA) is 60.2 Å². The average Bonchev–Trinajstić information content (AvgIpc) is 2.87. The maximum atomic E-state index is 11.0. The minimum Gasteiger partial charge on any atom is -0.507 e.